The highest BCUT2D eigenvalue weighted by atomic mass is 32.1. The number of rotatable bonds is 2. The number of thiocarbonyl (C=S) groups is 1. The van der Waals surface area contributed by atoms with Crippen molar-refractivity contribution in [2.75, 3.05) is 6.54 Å². The molecule has 8 heteroatoms. The highest BCUT2D eigenvalue weighted by molar-refractivity contribution is 7.80. The molecule has 0 radical (unpaired) electrons. The zero-order valence-electron chi connectivity index (χ0n) is 11.9. The predicted molar refractivity (Wildman–Crippen MR) is 85.2 cm³/mol. The molecule has 0 atom stereocenters. The molecule has 0 fully saturated rings. The Kier molecular flexibility index (Phi) is 5.02. The average molecular weight is 345 g/mol. The Balaban J connectivity index is 2.52. The van der Waals surface area contributed by atoms with Crippen LogP contribution in [0, 0.1) is 6.92 Å². The van der Waals surface area contributed by atoms with Crippen LogP contribution in [0.4, 0.5) is 13.2 Å². The Morgan fingerprint density at radius 2 is 2.14 bits per heavy atom. The molecule has 0 aliphatic heterocycles. The van der Waals surface area contributed by atoms with Crippen molar-refractivity contribution in [3.05, 3.63) is 45.7 Å². The molecule has 0 saturated carbocycles. The Morgan fingerprint density at radius 3 is 2.77 bits per heavy atom. The van der Waals surface area contributed by atoms with Crippen molar-refractivity contribution in [3.8, 4) is 5.69 Å². The molecule has 1 aromatic carbocycles. The van der Waals surface area contributed by atoms with Gasteiger partial charge in [0.25, 0.3) is 0 Å². The van der Waals surface area contributed by atoms with Gasteiger partial charge in [-0.05, 0) is 44.3 Å². The van der Waals surface area contributed by atoms with Crippen LogP contribution in [0.1, 0.15) is 17.4 Å². The molecule has 0 unspecified atom stereocenters. The number of nitrogens with zero attached hydrogens (tertiary/aromatic N) is 2. The fourth-order valence-electron chi connectivity index (χ4n) is 1.83. The summed E-state index contributed by atoms with van der Waals surface area (Å²) in [5.74, 6) is 0. The van der Waals surface area contributed by atoms with E-state index in [-0.39, 0.29) is 0 Å². The van der Waals surface area contributed by atoms with E-state index >= 15 is 0 Å². The zero-order valence-corrected chi connectivity index (χ0v) is 13.6. The van der Waals surface area contributed by atoms with Gasteiger partial charge in [-0.3, -0.25) is 4.57 Å². The summed E-state index contributed by atoms with van der Waals surface area (Å²) in [6, 6.07) is 5.13. The van der Waals surface area contributed by atoms with Crippen LogP contribution >= 0.6 is 23.6 Å². The van der Waals surface area contributed by atoms with Gasteiger partial charge in [0, 0.05) is 23.3 Å². The van der Waals surface area contributed by atoms with Crippen LogP contribution in [0.25, 0.3) is 5.69 Å². The van der Waals surface area contributed by atoms with Crippen LogP contribution in [0.3, 0.4) is 0 Å². The third-order valence-electron chi connectivity index (χ3n) is 2.75. The van der Waals surface area contributed by atoms with E-state index in [9.17, 15) is 13.2 Å². The van der Waals surface area contributed by atoms with Gasteiger partial charge in [0.2, 0.25) is 0 Å². The SMILES string of the molecule is CCNC(=S)N=c1sc(C)cn1-c1cccc(C(F)(F)F)c1. The maximum absolute atomic E-state index is 12.8. The number of hydrogen-bond acceptors (Lipinski definition) is 2. The molecule has 0 amide bonds. The van der Waals surface area contributed by atoms with Gasteiger partial charge in [-0.1, -0.05) is 6.07 Å². The van der Waals surface area contributed by atoms with Crippen molar-refractivity contribution in [3.63, 3.8) is 0 Å². The molecule has 0 aliphatic carbocycles. The Hall–Kier alpha value is -1.67. The second-order valence-corrected chi connectivity index (χ2v) is 6.09. The largest absolute Gasteiger partial charge is 0.416 e. The number of alkyl halides is 3. The van der Waals surface area contributed by atoms with Crippen molar-refractivity contribution >= 4 is 28.7 Å². The molecule has 118 valence electrons. The minimum Gasteiger partial charge on any atom is -0.361 e. The predicted octanol–water partition coefficient (Wildman–Crippen LogP) is 3.66. The van der Waals surface area contributed by atoms with E-state index < -0.39 is 11.7 Å². The quantitative estimate of drug-likeness (QED) is 0.842. The van der Waals surface area contributed by atoms with Gasteiger partial charge in [0.15, 0.2) is 9.91 Å². The number of aromatic nitrogens is 1. The Bertz CT molecular complexity index is 744. The molecule has 0 aliphatic rings. The average Bonchev–Trinajstić information content (AvgIpc) is 2.79. The molecule has 3 nitrogen and oxygen atoms in total. The Morgan fingerprint density at radius 1 is 1.41 bits per heavy atom. The molecule has 0 bridgehead atoms. The molecule has 1 heterocycles. The number of halogens is 3. The molecule has 1 N–H and O–H groups in total. The summed E-state index contributed by atoms with van der Waals surface area (Å²) in [5.41, 5.74) is -0.293. The summed E-state index contributed by atoms with van der Waals surface area (Å²) in [6.07, 6.45) is -2.63. The number of aryl methyl sites for hydroxylation is 1. The zero-order chi connectivity index (χ0) is 16.3. The number of thiazole rings is 1. The van der Waals surface area contributed by atoms with Gasteiger partial charge < -0.3 is 5.32 Å². The normalized spacial score (nSPS) is 12.5. The second kappa shape index (κ2) is 6.62. The first-order valence-corrected chi connectivity index (χ1v) is 7.73. The molecule has 1 aromatic heterocycles. The van der Waals surface area contributed by atoms with Gasteiger partial charge in [-0.15, -0.1) is 11.3 Å². The molecule has 0 saturated heterocycles. The summed E-state index contributed by atoms with van der Waals surface area (Å²) >= 11 is 6.44. The summed E-state index contributed by atoms with van der Waals surface area (Å²) in [7, 11) is 0. The van der Waals surface area contributed by atoms with Crippen molar-refractivity contribution in [2.24, 2.45) is 4.99 Å². The third kappa shape index (κ3) is 3.95. The molecular formula is C14H14F3N3S2. The molecule has 0 spiro atoms. The monoisotopic (exact) mass is 345 g/mol. The smallest absolute Gasteiger partial charge is 0.361 e. The highest BCUT2D eigenvalue weighted by Crippen LogP contribution is 2.30. The lowest BCUT2D eigenvalue weighted by Gasteiger charge is -2.09. The van der Waals surface area contributed by atoms with E-state index in [0.29, 0.717) is 22.1 Å². The fourth-order valence-corrected chi connectivity index (χ4v) is 2.96. The first-order valence-electron chi connectivity index (χ1n) is 6.50. The lowest BCUT2D eigenvalue weighted by Crippen LogP contribution is -2.23. The van der Waals surface area contributed by atoms with Crippen LogP contribution < -0.4 is 10.1 Å². The summed E-state index contributed by atoms with van der Waals surface area (Å²) in [5, 5.41) is 3.21. The van der Waals surface area contributed by atoms with Gasteiger partial charge in [0.05, 0.1) is 5.56 Å². The first-order chi connectivity index (χ1) is 10.3. The van der Waals surface area contributed by atoms with Crippen molar-refractivity contribution < 1.29 is 13.2 Å². The minimum absolute atomic E-state index is 0.310. The van der Waals surface area contributed by atoms with Crippen LogP contribution in [0.5, 0.6) is 0 Å². The van der Waals surface area contributed by atoms with Crippen LogP contribution in [-0.4, -0.2) is 16.2 Å². The Labute approximate surface area is 135 Å². The standard InChI is InChI=1S/C14H14F3N3S2/c1-3-18-12(21)19-13-20(8-9(2)22-13)11-6-4-5-10(7-11)14(15,16)17/h4-8H,3H2,1-2H3,(H,18,21). The van der Waals surface area contributed by atoms with E-state index in [0.717, 1.165) is 17.0 Å². The topological polar surface area (TPSA) is 29.3 Å². The van der Waals surface area contributed by atoms with Crippen LogP contribution in [0.2, 0.25) is 0 Å². The minimum atomic E-state index is -4.38. The number of hydrogen-bond donors (Lipinski definition) is 1. The van der Waals surface area contributed by atoms with Gasteiger partial charge in [-0.2, -0.15) is 18.2 Å². The van der Waals surface area contributed by atoms with Gasteiger partial charge in [-0.25, -0.2) is 0 Å². The number of nitrogens with one attached hydrogen (secondary N) is 1. The van der Waals surface area contributed by atoms with Crippen LogP contribution in [0.15, 0.2) is 35.5 Å². The lowest BCUT2D eigenvalue weighted by atomic mass is 10.2. The summed E-state index contributed by atoms with van der Waals surface area (Å²) in [6.45, 7) is 4.39. The summed E-state index contributed by atoms with van der Waals surface area (Å²) < 4.78 is 40.1. The van der Waals surface area contributed by atoms with E-state index in [1.807, 2.05) is 13.8 Å². The maximum atomic E-state index is 12.8. The van der Waals surface area contributed by atoms with E-state index in [4.69, 9.17) is 12.2 Å². The number of benzene rings is 1. The molecular weight excluding hydrogens is 331 g/mol. The van der Waals surface area contributed by atoms with Crippen molar-refractivity contribution in [1.29, 1.82) is 0 Å². The second-order valence-electron chi connectivity index (χ2n) is 4.49. The van der Waals surface area contributed by atoms with Gasteiger partial charge >= 0.3 is 6.18 Å². The maximum Gasteiger partial charge on any atom is 0.416 e. The van der Waals surface area contributed by atoms with E-state index in [2.05, 4.69) is 10.3 Å². The molecule has 2 aromatic rings. The fraction of sp³-hybridized carbons (Fsp3) is 0.286. The van der Waals surface area contributed by atoms with Crippen molar-refractivity contribution in [1.82, 2.24) is 9.88 Å². The van der Waals surface area contributed by atoms with Crippen LogP contribution in [-0.2, 0) is 6.18 Å². The molecule has 2 rings (SSSR count). The van der Waals surface area contributed by atoms with E-state index in [1.54, 1.807) is 16.8 Å². The lowest BCUT2D eigenvalue weighted by molar-refractivity contribution is -0.137. The highest BCUT2D eigenvalue weighted by Gasteiger charge is 2.30. The third-order valence-corrected chi connectivity index (χ3v) is 3.88. The van der Waals surface area contributed by atoms with E-state index in [1.165, 1.54) is 17.4 Å². The van der Waals surface area contributed by atoms with Gasteiger partial charge in [0.1, 0.15) is 0 Å². The molecule has 22 heavy (non-hydrogen) atoms. The summed E-state index contributed by atoms with van der Waals surface area (Å²) in [4.78, 5) is 5.72. The first kappa shape index (κ1) is 16.7. The van der Waals surface area contributed by atoms with Crippen molar-refractivity contribution in [2.45, 2.75) is 20.0 Å².